The molecule has 3 aromatic heterocycles. The van der Waals surface area contributed by atoms with E-state index in [4.69, 9.17) is 0 Å². The molecule has 0 spiro atoms. The van der Waals surface area contributed by atoms with E-state index in [0.29, 0.717) is 11.5 Å². The standard InChI is InChI=1S/C11H10N6O4/c1-7-12-9(16(18)19)6-15(7)10-11(17(20)21)14-5-3-2-4-8(14)13-10/h2-6,20-21H,1H3/q-2. The second kappa shape index (κ2) is 4.71. The number of fused-ring (bicyclic) bond motifs is 1. The highest BCUT2D eigenvalue weighted by Crippen LogP contribution is 2.26. The molecule has 0 radical (unpaired) electrons. The summed E-state index contributed by atoms with van der Waals surface area (Å²) < 4.78 is 2.75. The molecule has 2 N–H and O–H groups in total. The van der Waals surface area contributed by atoms with E-state index in [1.54, 1.807) is 31.3 Å². The predicted molar refractivity (Wildman–Crippen MR) is 72.3 cm³/mol. The Morgan fingerprint density at radius 3 is 2.57 bits per heavy atom. The van der Waals surface area contributed by atoms with Crippen LogP contribution >= 0.6 is 0 Å². The van der Waals surface area contributed by atoms with Crippen molar-refractivity contribution in [3.8, 4) is 5.82 Å². The number of pyridine rings is 1. The van der Waals surface area contributed by atoms with Gasteiger partial charge in [-0.05, 0) is 19.1 Å². The number of rotatable bonds is 3. The van der Waals surface area contributed by atoms with Crippen LogP contribution in [0.15, 0.2) is 30.6 Å². The Bertz CT molecular complexity index is 793. The highest BCUT2D eigenvalue weighted by Gasteiger charge is 2.20. The van der Waals surface area contributed by atoms with Gasteiger partial charge >= 0.3 is 0 Å². The number of hydrogen-bond donors (Lipinski definition) is 2. The molecule has 3 aromatic rings. The molecule has 0 aromatic carbocycles. The monoisotopic (exact) mass is 290 g/mol. The van der Waals surface area contributed by atoms with Gasteiger partial charge in [-0.1, -0.05) is 6.07 Å². The molecule has 0 aliphatic carbocycles. The number of aromatic nitrogens is 4. The molecule has 0 saturated heterocycles. The topological polar surface area (TPSA) is 128 Å². The fourth-order valence-corrected chi connectivity index (χ4v) is 2.08. The first-order valence-electron chi connectivity index (χ1n) is 5.84. The van der Waals surface area contributed by atoms with Crippen LogP contribution in [0.1, 0.15) is 5.82 Å². The summed E-state index contributed by atoms with van der Waals surface area (Å²) in [5.74, 6) is 0.0106. The lowest BCUT2D eigenvalue weighted by atomic mass is 10.5. The zero-order valence-electron chi connectivity index (χ0n) is 10.8. The van der Waals surface area contributed by atoms with E-state index in [2.05, 4.69) is 9.97 Å². The number of imidazole rings is 2. The Kier molecular flexibility index (Phi) is 2.99. The molecule has 10 heteroatoms. The van der Waals surface area contributed by atoms with Gasteiger partial charge in [0.15, 0.2) is 5.82 Å². The van der Waals surface area contributed by atoms with E-state index in [9.17, 15) is 20.8 Å². The number of anilines is 2. The van der Waals surface area contributed by atoms with E-state index in [1.165, 1.54) is 15.2 Å². The van der Waals surface area contributed by atoms with Crippen LogP contribution in [-0.2, 0) is 0 Å². The van der Waals surface area contributed by atoms with Crippen LogP contribution in [0.25, 0.3) is 11.5 Å². The van der Waals surface area contributed by atoms with Gasteiger partial charge in [-0.2, -0.15) is 0 Å². The summed E-state index contributed by atoms with van der Waals surface area (Å²) in [7, 11) is 0. The second-order valence-corrected chi connectivity index (χ2v) is 4.25. The summed E-state index contributed by atoms with van der Waals surface area (Å²) in [6.45, 7) is 1.56. The minimum absolute atomic E-state index is 0.0546. The van der Waals surface area contributed by atoms with Crippen molar-refractivity contribution in [2.45, 2.75) is 6.92 Å². The van der Waals surface area contributed by atoms with Crippen LogP contribution in [0.5, 0.6) is 0 Å². The molecule has 3 rings (SSSR count). The van der Waals surface area contributed by atoms with E-state index in [-0.39, 0.29) is 22.7 Å². The lowest BCUT2D eigenvalue weighted by Crippen LogP contribution is -2.16. The molecule has 0 bridgehead atoms. The molecule has 110 valence electrons. The van der Waals surface area contributed by atoms with Crippen molar-refractivity contribution in [2.75, 3.05) is 10.5 Å². The summed E-state index contributed by atoms with van der Waals surface area (Å²) >= 11 is 0. The zero-order valence-corrected chi connectivity index (χ0v) is 10.8. The lowest BCUT2D eigenvalue weighted by molar-refractivity contribution is 0.0263. The molecule has 0 saturated carbocycles. The van der Waals surface area contributed by atoms with Crippen molar-refractivity contribution in [1.82, 2.24) is 18.9 Å². The first-order chi connectivity index (χ1) is 9.99. The van der Waals surface area contributed by atoms with Gasteiger partial charge in [0.1, 0.15) is 17.3 Å². The lowest BCUT2D eigenvalue weighted by Gasteiger charge is -2.34. The van der Waals surface area contributed by atoms with E-state index in [1.807, 2.05) is 0 Å². The molecule has 0 fully saturated rings. The molecule has 0 unspecified atom stereocenters. The maximum atomic E-state index is 10.8. The van der Waals surface area contributed by atoms with E-state index < -0.39 is 5.23 Å². The van der Waals surface area contributed by atoms with Crippen LogP contribution in [0.4, 0.5) is 11.6 Å². The third-order valence-electron chi connectivity index (χ3n) is 2.96. The summed E-state index contributed by atoms with van der Waals surface area (Å²) in [5, 5.41) is 39.7. The fourth-order valence-electron chi connectivity index (χ4n) is 2.08. The number of aryl methyl sites for hydroxylation is 1. The van der Waals surface area contributed by atoms with Gasteiger partial charge in [0.2, 0.25) is 5.82 Å². The zero-order chi connectivity index (χ0) is 15.1. The van der Waals surface area contributed by atoms with Gasteiger partial charge in [-0.25, -0.2) is 9.97 Å². The Morgan fingerprint density at radius 1 is 1.19 bits per heavy atom. The quantitative estimate of drug-likeness (QED) is 0.689. The average Bonchev–Trinajstić information content (AvgIpc) is 2.98. The summed E-state index contributed by atoms with van der Waals surface area (Å²) in [5.41, 5.74) is 0.450. The molecular formula is C11H10N6O4-2. The van der Waals surface area contributed by atoms with Crippen molar-refractivity contribution in [1.29, 1.82) is 0 Å². The Morgan fingerprint density at radius 2 is 1.95 bits per heavy atom. The maximum Gasteiger partial charge on any atom is 0.213 e. The van der Waals surface area contributed by atoms with Gasteiger partial charge in [-0.3, -0.25) is 19.4 Å². The molecule has 21 heavy (non-hydrogen) atoms. The van der Waals surface area contributed by atoms with Crippen LogP contribution in [-0.4, -0.2) is 29.4 Å². The van der Waals surface area contributed by atoms with Crippen LogP contribution in [0, 0.1) is 17.3 Å². The highest BCUT2D eigenvalue weighted by atomic mass is 16.8. The van der Waals surface area contributed by atoms with Crippen LogP contribution in [0.3, 0.4) is 0 Å². The minimum atomic E-state index is -0.630. The summed E-state index contributed by atoms with van der Waals surface area (Å²) in [4.78, 5) is 8.03. The third kappa shape index (κ3) is 2.08. The highest BCUT2D eigenvalue weighted by molar-refractivity contribution is 5.62. The van der Waals surface area contributed by atoms with E-state index in [0.717, 1.165) is 0 Å². The fraction of sp³-hybridized carbons (Fsp3) is 0.0909. The van der Waals surface area contributed by atoms with Crippen molar-refractivity contribution in [3.05, 3.63) is 46.8 Å². The summed E-state index contributed by atoms with van der Waals surface area (Å²) in [6.07, 6.45) is 2.76. The molecule has 10 nitrogen and oxygen atoms in total. The number of hydrogen-bond acceptors (Lipinski definition) is 8. The average molecular weight is 290 g/mol. The van der Waals surface area contributed by atoms with Crippen LogP contribution < -0.4 is 10.5 Å². The van der Waals surface area contributed by atoms with Crippen molar-refractivity contribution >= 4 is 17.3 Å². The van der Waals surface area contributed by atoms with E-state index >= 15 is 0 Å². The minimum Gasteiger partial charge on any atom is -0.768 e. The SMILES string of the molecule is Cc1nc(N([O-])[O-])cn1-c1nc2ccccn2c1N(O)O. The molecular weight excluding hydrogens is 280 g/mol. The van der Waals surface area contributed by atoms with Crippen molar-refractivity contribution < 1.29 is 10.4 Å². The molecule has 0 aliphatic heterocycles. The predicted octanol–water partition coefficient (Wildman–Crippen LogP) is 1.22. The normalized spacial score (nSPS) is 11.1. The largest absolute Gasteiger partial charge is 0.768 e. The first kappa shape index (κ1) is 13.3. The van der Waals surface area contributed by atoms with Gasteiger partial charge in [0.05, 0.1) is 6.20 Å². The van der Waals surface area contributed by atoms with Crippen molar-refractivity contribution in [2.24, 2.45) is 0 Å². The smallest absolute Gasteiger partial charge is 0.213 e. The van der Waals surface area contributed by atoms with Crippen LogP contribution in [0.2, 0.25) is 0 Å². The number of nitrogens with zero attached hydrogens (tertiary/aromatic N) is 6. The third-order valence-corrected chi connectivity index (χ3v) is 2.96. The van der Waals surface area contributed by atoms with Gasteiger partial charge in [0.25, 0.3) is 0 Å². The molecule has 0 amide bonds. The van der Waals surface area contributed by atoms with Gasteiger partial charge in [0, 0.05) is 6.20 Å². The first-order valence-corrected chi connectivity index (χ1v) is 5.84. The maximum absolute atomic E-state index is 10.8. The molecule has 0 aliphatic rings. The Labute approximate surface area is 117 Å². The molecule has 3 heterocycles. The Hall–Kier alpha value is -2.66. The van der Waals surface area contributed by atoms with Crippen molar-refractivity contribution in [3.63, 3.8) is 0 Å². The Balaban J connectivity index is 2.27. The molecule has 0 atom stereocenters. The van der Waals surface area contributed by atoms with Gasteiger partial charge < -0.3 is 15.6 Å². The second-order valence-electron chi connectivity index (χ2n) is 4.25. The van der Waals surface area contributed by atoms with Gasteiger partial charge in [-0.15, -0.1) is 5.23 Å². The summed E-state index contributed by atoms with van der Waals surface area (Å²) in [6, 6.07) is 5.09.